The van der Waals surface area contributed by atoms with Gasteiger partial charge in [-0.1, -0.05) is 18.2 Å². The second-order valence-electron chi connectivity index (χ2n) is 6.34. The predicted octanol–water partition coefficient (Wildman–Crippen LogP) is 4.43. The number of nitrogen functional groups attached to an aromatic ring is 1. The largest absolute Gasteiger partial charge is 0.493 e. The highest BCUT2D eigenvalue weighted by atomic mass is 19.4. The van der Waals surface area contributed by atoms with E-state index in [4.69, 9.17) is 25.1 Å². The summed E-state index contributed by atoms with van der Waals surface area (Å²) < 4.78 is 42.4. The zero-order chi connectivity index (χ0) is 23.9. The molecule has 0 fully saturated rings. The van der Waals surface area contributed by atoms with Gasteiger partial charge < -0.3 is 25.6 Å². The van der Waals surface area contributed by atoms with Gasteiger partial charge in [-0.25, -0.2) is 9.78 Å². The predicted molar refractivity (Wildman–Crippen MR) is 113 cm³/mol. The van der Waals surface area contributed by atoms with Crippen LogP contribution < -0.4 is 20.5 Å². The molecule has 8 nitrogen and oxygen atoms in total. The zero-order valence-corrected chi connectivity index (χ0v) is 17.4. The number of anilines is 3. The van der Waals surface area contributed by atoms with Gasteiger partial charge in [0.25, 0.3) is 0 Å². The van der Waals surface area contributed by atoms with Crippen LogP contribution in [-0.2, 0) is 4.79 Å². The second-order valence-corrected chi connectivity index (χ2v) is 6.34. The number of ether oxygens (including phenoxy) is 2. The fourth-order valence-electron chi connectivity index (χ4n) is 2.57. The highest BCUT2D eigenvalue weighted by Gasteiger charge is 2.38. The van der Waals surface area contributed by atoms with E-state index in [1.54, 1.807) is 20.3 Å². The average molecular weight is 450 g/mol. The van der Waals surface area contributed by atoms with Crippen LogP contribution in [0.15, 0.2) is 48.5 Å². The third kappa shape index (κ3) is 6.76. The van der Waals surface area contributed by atoms with E-state index >= 15 is 0 Å². The Labute approximate surface area is 181 Å². The molecule has 1 heterocycles. The normalized spacial score (nSPS) is 10.6. The molecule has 0 aliphatic carbocycles. The molecule has 0 amide bonds. The van der Waals surface area contributed by atoms with Crippen LogP contribution in [-0.4, -0.2) is 41.4 Å². The summed E-state index contributed by atoms with van der Waals surface area (Å²) in [5.41, 5.74) is 9.51. The van der Waals surface area contributed by atoms with E-state index in [0.717, 1.165) is 22.5 Å². The van der Waals surface area contributed by atoms with Crippen LogP contribution in [0.4, 0.5) is 30.6 Å². The first-order valence-electron chi connectivity index (χ1n) is 9.04. The van der Waals surface area contributed by atoms with Gasteiger partial charge in [0.15, 0.2) is 11.5 Å². The fourth-order valence-corrected chi connectivity index (χ4v) is 2.57. The number of nitrogens with one attached hydrogen (secondary N) is 1. The second kappa shape index (κ2) is 10.3. The van der Waals surface area contributed by atoms with E-state index in [0.29, 0.717) is 23.3 Å². The molecule has 3 rings (SSSR count). The van der Waals surface area contributed by atoms with Gasteiger partial charge in [0, 0.05) is 17.4 Å². The minimum absolute atomic E-state index is 0.436. The third-order valence-corrected chi connectivity index (χ3v) is 3.95. The number of methoxy groups -OCH3 is 2. The highest BCUT2D eigenvalue weighted by molar-refractivity contribution is 5.73. The molecule has 170 valence electrons. The molecule has 2 aromatic carbocycles. The van der Waals surface area contributed by atoms with Crippen LogP contribution in [0, 0.1) is 6.92 Å². The third-order valence-electron chi connectivity index (χ3n) is 3.95. The van der Waals surface area contributed by atoms with Gasteiger partial charge in [0.1, 0.15) is 5.82 Å². The Morgan fingerprint density at radius 2 is 1.62 bits per heavy atom. The minimum Gasteiger partial charge on any atom is -0.493 e. The molecule has 4 N–H and O–H groups in total. The Balaban J connectivity index is 0.000000451. The smallest absolute Gasteiger partial charge is 0.490 e. The van der Waals surface area contributed by atoms with E-state index in [-0.39, 0.29) is 0 Å². The van der Waals surface area contributed by atoms with Crippen molar-refractivity contribution < 1.29 is 32.5 Å². The maximum Gasteiger partial charge on any atom is 0.490 e. The summed E-state index contributed by atoms with van der Waals surface area (Å²) in [6.45, 7) is 1.88. The van der Waals surface area contributed by atoms with E-state index in [1.807, 2.05) is 49.4 Å². The van der Waals surface area contributed by atoms with Crippen molar-refractivity contribution in [2.45, 2.75) is 13.1 Å². The quantitative estimate of drug-likeness (QED) is 0.522. The molecule has 0 aliphatic rings. The van der Waals surface area contributed by atoms with Gasteiger partial charge >= 0.3 is 12.1 Å². The van der Waals surface area contributed by atoms with Crippen LogP contribution in [0.1, 0.15) is 5.69 Å². The number of nitrogens with two attached hydrogens (primary N) is 1. The number of rotatable bonds is 5. The van der Waals surface area contributed by atoms with Crippen LogP contribution in [0.5, 0.6) is 11.5 Å². The Hall–Kier alpha value is -4.02. The van der Waals surface area contributed by atoms with Crippen LogP contribution >= 0.6 is 0 Å². The lowest BCUT2D eigenvalue weighted by molar-refractivity contribution is -0.192. The lowest BCUT2D eigenvalue weighted by Gasteiger charge is -2.11. The van der Waals surface area contributed by atoms with Crippen molar-refractivity contribution in [3.8, 4) is 22.6 Å². The SMILES string of the molecule is COc1ccc(-c2cccc(Nc3nc(C)cc(N)n3)c2)cc1OC.O=C(O)C(F)(F)F. The van der Waals surface area contributed by atoms with Crippen molar-refractivity contribution in [1.82, 2.24) is 9.97 Å². The van der Waals surface area contributed by atoms with E-state index < -0.39 is 12.1 Å². The van der Waals surface area contributed by atoms with Gasteiger partial charge in [-0.3, -0.25) is 0 Å². The minimum atomic E-state index is -5.08. The van der Waals surface area contributed by atoms with Crippen molar-refractivity contribution in [2.24, 2.45) is 0 Å². The summed E-state index contributed by atoms with van der Waals surface area (Å²) >= 11 is 0. The first kappa shape index (κ1) is 24.3. The standard InChI is InChI=1S/C19H20N4O2.C2HF3O2/c1-12-9-18(20)23-19(21-12)22-15-6-4-5-13(10-15)14-7-8-16(24-2)17(11-14)25-3;3-2(4,5)1(6)7/h4-11H,1-3H3,(H3,20,21,22,23);(H,6,7). The summed E-state index contributed by atoms with van der Waals surface area (Å²) in [5.74, 6) is -0.460. The van der Waals surface area contributed by atoms with Crippen LogP contribution in [0.2, 0.25) is 0 Å². The van der Waals surface area contributed by atoms with Gasteiger partial charge in [-0.2, -0.15) is 18.2 Å². The Morgan fingerprint density at radius 3 is 2.19 bits per heavy atom. The molecule has 3 aromatic rings. The molecule has 0 saturated heterocycles. The maximum atomic E-state index is 10.6. The molecule has 1 aromatic heterocycles. The Kier molecular flexibility index (Phi) is 7.83. The Morgan fingerprint density at radius 1 is 1.00 bits per heavy atom. The summed E-state index contributed by atoms with van der Waals surface area (Å²) in [6.07, 6.45) is -5.08. The number of hydrogen-bond acceptors (Lipinski definition) is 7. The molecular weight excluding hydrogens is 429 g/mol. The molecule has 0 bridgehead atoms. The van der Waals surface area contributed by atoms with Crippen LogP contribution in [0.3, 0.4) is 0 Å². The van der Waals surface area contributed by atoms with Crippen molar-refractivity contribution in [3.05, 3.63) is 54.2 Å². The molecule has 11 heteroatoms. The number of carbonyl (C=O) groups is 1. The number of nitrogens with zero attached hydrogens (tertiary/aromatic N) is 2. The number of carboxylic acids is 1. The van der Waals surface area contributed by atoms with Crippen molar-refractivity contribution in [1.29, 1.82) is 0 Å². The lowest BCUT2D eigenvalue weighted by atomic mass is 10.0. The molecule has 32 heavy (non-hydrogen) atoms. The number of aromatic nitrogens is 2. The topological polar surface area (TPSA) is 120 Å². The summed E-state index contributed by atoms with van der Waals surface area (Å²) in [6, 6.07) is 15.5. The van der Waals surface area contributed by atoms with E-state index in [1.165, 1.54) is 0 Å². The number of halogens is 3. The average Bonchev–Trinajstić information content (AvgIpc) is 2.72. The monoisotopic (exact) mass is 450 g/mol. The highest BCUT2D eigenvalue weighted by Crippen LogP contribution is 2.33. The van der Waals surface area contributed by atoms with Gasteiger partial charge in [-0.05, 0) is 42.3 Å². The summed E-state index contributed by atoms with van der Waals surface area (Å²) in [7, 11) is 3.24. The maximum absolute atomic E-state index is 10.6. The van der Waals surface area contributed by atoms with Gasteiger partial charge in [0.05, 0.1) is 14.2 Å². The van der Waals surface area contributed by atoms with Gasteiger partial charge in [0.2, 0.25) is 5.95 Å². The molecular formula is C21H21F3N4O4. The lowest BCUT2D eigenvalue weighted by Crippen LogP contribution is -2.21. The number of aryl methyl sites for hydroxylation is 1. The summed E-state index contributed by atoms with van der Waals surface area (Å²) in [4.78, 5) is 17.4. The number of benzene rings is 2. The number of alkyl halides is 3. The van der Waals surface area contributed by atoms with Crippen LogP contribution in [0.25, 0.3) is 11.1 Å². The zero-order valence-electron chi connectivity index (χ0n) is 17.4. The Bertz CT molecular complexity index is 1070. The van der Waals surface area contributed by atoms with Crippen molar-refractivity contribution in [3.63, 3.8) is 0 Å². The fraction of sp³-hybridized carbons (Fsp3) is 0.190. The first-order chi connectivity index (χ1) is 15.0. The van der Waals surface area contributed by atoms with Crippen molar-refractivity contribution in [2.75, 3.05) is 25.3 Å². The first-order valence-corrected chi connectivity index (χ1v) is 9.04. The molecule has 0 unspecified atom stereocenters. The molecule has 0 saturated carbocycles. The van der Waals surface area contributed by atoms with Crippen molar-refractivity contribution >= 4 is 23.4 Å². The van der Waals surface area contributed by atoms with E-state index in [9.17, 15) is 13.2 Å². The number of aliphatic carboxylic acids is 1. The molecule has 0 aliphatic heterocycles. The molecule has 0 atom stereocenters. The van der Waals surface area contributed by atoms with E-state index in [2.05, 4.69) is 15.3 Å². The summed E-state index contributed by atoms with van der Waals surface area (Å²) in [5, 5.41) is 10.3. The number of carboxylic acid groups (broad SMARTS) is 1. The molecule has 0 spiro atoms. The number of hydrogen-bond donors (Lipinski definition) is 3. The van der Waals surface area contributed by atoms with Gasteiger partial charge in [-0.15, -0.1) is 0 Å². The molecule has 0 radical (unpaired) electrons.